The Morgan fingerprint density at radius 3 is 2.44 bits per heavy atom. The van der Waals surface area contributed by atoms with Gasteiger partial charge in [-0.25, -0.2) is 0 Å². The van der Waals surface area contributed by atoms with Crippen LogP contribution in [0.2, 0.25) is 0 Å². The number of benzene rings is 1. The van der Waals surface area contributed by atoms with Gasteiger partial charge in [-0.15, -0.1) is 0 Å². The molecule has 0 radical (unpaired) electrons. The Kier molecular flexibility index (Phi) is 3.82. The number of nitrogens with one attached hydrogen (secondary N) is 1. The van der Waals surface area contributed by atoms with E-state index in [1.165, 1.54) is 22.3 Å². The van der Waals surface area contributed by atoms with Crippen molar-refractivity contribution in [1.82, 2.24) is 15.1 Å². The molecule has 96 valence electrons. The minimum absolute atomic E-state index is 0.868. The van der Waals surface area contributed by atoms with Crippen molar-refractivity contribution in [2.24, 2.45) is 7.05 Å². The summed E-state index contributed by atoms with van der Waals surface area (Å²) in [6.45, 7) is 8.22. The van der Waals surface area contributed by atoms with E-state index in [0.29, 0.717) is 0 Å². The summed E-state index contributed by atoms with van der Waals surface area (Å²) in [5.74, 6) is 0. The Hall–Kier alpha value is -1.61. The molecule has 2 aromatic rings. The minimum atomic E-state index is 0.868. The molecule has 0 aliphatic heterocycles. The lowest BCUT2D eigenvalue weighted by Gasteiger charge is -2.05. The Bertz CT molecular complexity index is 520. The highest BCUT2D eigenvalue weighted by atomic mass is 15.3. The zero-order valence-electron chi connectivity index (χ0n) is 11.6. The van der Waals surface area contributed by atoms with Crippen LogP contribution in [0.25, 0.3) is 11.3 Å². The van der Waals surface area contributed by atoms with E-state index >= 15 is 0 Å². The van der Waals surface area contributed by atoms with Gasteiger partial charge in [0, 0.05) is 30.9 Å². The topological polar surface area (TPSA) is 29.9 Å². The Morgan fingerprint density at radius 2 is 1.83 bits per heavy atom. The van der Waals surface area contributed by atoms with Gasteiger partial charge in [-0.3, -0.25) is 4.68 Å². The third-order valence-electron chi connectivity index (χ3n) is 2.97. The van der Waals surface area contributed by atoms with E-state index in [4.69, 9.17) is 0 Å². The molecule has 3 heteroatoms. The minimum Gasteiger partial charge on any atom is -0.313 e. The van der Waals surface area contributed by atoms with Gasteiger partial charge in [0.15, 0.2) is 0 Å². The Labute approximate surface area is 109 Å². The molecule has 0 bridgehead atoms. The summed E-state index contributed by atoms with van der Waals surface area (Å²) in [5, 5.41) is 7.96. The van der Waals surface area contributed by atoms with E-state index < -0.39 is 0 Å². The summed E-state index contributed by atoms with van der Waals surface area (Å²) in [6.07, 6.45) is 2.09. The van der Waals surface area contributed by atoms with Gasteiger partial charge in [-0.1, -0.05) is 24.1 Å². The molecule has 0 saturated carbocycles. The summed E-state index contributed by atoms with van der Waals surface area (Å²) in [7, 11) is 1.97. The van der Waals surface area contributed by atoms with E-state index in [-0.39, 0.29) is 0 Å². The smallest absolute Gasteiger partial charge is 0.0968 e. The molecule has 0 aliphatic carbocycles. The van der Waals surface area contributed by atoms with Crippen molar-refractivity contribution in [2.45, 2.75) is 27.3 Å². The Morgan fingerprint density at radius 1 is 1.17 bits per heavy atom. The van der Waals surface area contributed by atoms with Crippen molar-refractivity contribution in [1.29, 1.82) is 0 Å². The van der Waals surface area contributed by atoms with Crippen molar-refractivity contribution in [3.63, 3.8) is 0 Å². The number of hydrogen-bond donors (Lipinski definition) is 1. The molecule has 0 unspecified atom stereocenters. The molecule has 0 aliphatic rings. The van der Waals surface area contributed by atoms with Crippen LogP contribution in [0.15, 0.2) is 24.4 Å². The molecule has 1 heterocycles. The second kappa shape index (κ2) is 5.36. The van der Waals surface area contributed by atoms with Gasteiger partial charge in [-0.05, 0) is 32.5 Å². The zero-order valence-corrected chi connectivity index (χ0v) is 11.6. The van der Waals surface area contributed by atoms with Crippen molar-refractivity contribution in [3.8, 4) is 11.3 Å². The first-order valence-corrected chi connectivity index (χ1v) is 6.42. The number of aromatic nitrogens is 2. The highest BCUT2D eigenvalue weighted by molar-refractivity contribution is 5.64. The molecular weight excluding hydrogens is 222 g/mol. The molecule has 1 N–H and O–H groups in total. The Balaban J connectivity index is 2.42. The van der Waals surface area contributed by atoms with Crippen molar-refractivity contribution >= 4 is 0 Å². The third-order valence-corrected chi connectivity index (χ3v) is 2.97. The number of nitrogens with zero attached hydrogens (tertiary/aromatic N) is 2. The zero-order chi connectivity index (χ0) is 13.1. The van der Waals surface area contributed by atoms with Gasteiger partial charge in [0.05, 0.1) is 5.69 Å². The number of aryl methyl sites for hydroxylation is 3. The van der Waals surface area contributed by atoms with E-state index in [1.54, 1.807) is 0 Å². The molecule has 2 rings (SSSR count). The van der Waals surface area contributed by atoms with Crippen LogP contribution in [0.3, 0.4) is 0 Å². The summed E-state index contributed by atoms with van der Waals surface area (Å²) in [6, 6.07) is 6.59. The van der Waals surface area contributed by atoms with Crippen LogP contribution in [-0.2, 0) is 13.6 Å². The monoisotopic (exact) mass is 243 g/mol. The normalized spacial score (nSPS) is 10.9. The van der Waals surface area contributed by atoms with Crippen LogP contribution < -0.4 is 5.32 Å². The summed E-state index contributed by atoms with van der Waals surface area (Å²) >= 11 is 0. The lowest BCUT2D eigenvalue weighted by molar-refractivity contribution is 0.724. The van der Waals surface area contributed by atoms with Gasteiger partial charge in [-0.2, -0.15) is 5.10 Å². The molecule has 1 aromatic heterocycles. The first-order chi connectivity index (χ1) is 8.60. The maximum absolute atomic E-state index is 4.59. The quantitative estimate of drug-likeness (QED) is 0.895. The maximum Gasteiger partial charge on any atom is 0.0968 e. The molecule has 18 heavy (non-hydrogen) atoms. The third kappa shape index (κ3) is 2.79. The van der Waals surface area contributed by atoms with E-state index in [0.717, 1.165) is 18.8 Å². The molecule has 0 fully saturated rings. The van der Waals surface area contributed by atoms with E-state index in [1.807, 2.05) is 11.7 Å². The van der Waals surface area contributed by atoms with Crippen LogP contribution in [0.1, 0.15) is 23.6 Å². The van der Waals surface area contributed by atoms with Crippen LogP contribution in [-0.4, -0.2) is 16.3 Å². The highest BCUT2D eigenvalue weighted by Crippen LogP contribution is 2.24. The lowest BCUT2D eigenvalue weighted by atomic mass is 10.0. The van der Waals surface area contributed by atoms with E-state index in [9.17, 15) is 0 Å². The molecule has 3 nitrogen and oxygen atoms in total. The van der Waals surface area contributed by atoms with Gasteiger partial charge < -0.3 is 5.32 Å². The fraction of sp³-hybridized carbons (Fsp3) is 0.400. The molecule has 0 atom stereocenters. The van der Waals surface area contributed by atoms with Crippen molar-refractivity contribution in [2.75, 3.05) is 6.54 Å². The molecule has 0 amide bonds. The molecule has 1 aromatic carbocycles. The SMILES string of the molecule is CCNCc1cn(C)nc1-c1cc(C)cc(C)c1. The van der Waals surface area contributed by atoms with Crippen LogP contribution in [0.4, 0.5) is 0 Å². The average Bonchev–Trinajstić information content (AvgIpc) is 2.66. The number of rotatable bonds is 4. The van der Waals surface area contributed by atoms with Gasteiger partial charge in [0.1, 0.15) is 0 Å². The van der Waals surface area contributed by atoms with Crippen LogP contribution in [0, 0.1) is 13.8 Å². The van der Waals surface area contributed by atoms with Crippen molar-refractivity contribution < 1.29 is 0 Å². The number of hydrogen-bond acceptors (Lipinski definition) is 2. The first-order valence-electron chi connectivity index (χ1n) is 6.42. The van der Waals surface area contributed by atoms with Gasteiger partial charge >= 0.3 is 0 Å². The van der Waals surface area contributed by atoms with Gasteiger partial charge in [0.25, 0.3) is 0 Å². The maximum atomic E-state index is 4.59. The van der Waals surface area contributed by atoms with Crippen LogP contribution >= 0.6 is 0 Å². The fourth-order valence-corrected chi connectivity index (χ4v) is 2.28. The summed E-state index contributed by atoms with van der Waals surface area (Å²) in [5.41, 5.74) is 6.12. The first kappa shape index (κ1) is 12.8. The predicted molar refractivity (Wildman–Crippen MR) is 75.5 cm³/mol. The summed E-state index contributed by atoms with van der Waals surface area (Å²) in [4.78, 5) is 0. The van der Waals surface area contributed by atoms with E-state index in [2.05, 4.69) is 55.6 Å². The largest absolute Gasteiger partial charge is 0.313 e. The second-order valence-electron chi connectivity index (χ2n) is 4.83. The predicted octanol–water partition coefficient (Wildman–Crippen LogP) is 2.81. The second-order valence-corrected chi connectivity index (χ2v) is 4.83. The standard InChI is InChI=1S/C15H21N3/c1-5-16-9-14-10-18(4)17-15(14)13-7-11(2)6-12(3)8-13/h6-8,10,16H,5,9H2,1-4H3. The lowest BCUT2D eigenvalue weighted by Crippen LogP contribution is -2.11. The average molecular weight is 243 g/mol. The molecule has 0 spiro atoms. The van der Waals surface area contributed by atoms with Crippen molar-refractivity contribution in [3.05, 3.63) is 41.1 Å². The molecule has 0 saturated heterocycles. The molecular formula is C15H21N3. The van der Waals surface area contributed by atoms with Crippen LogP contribution in [0.5, 0.6) is 0 Å². The van der Waals surface area contributed by atoms with Gasteiger partial charge in [0.2, 0.25) is 0 Å². The summed E-state index contributed by atoms with van der Waals surface area (Å²) < 4.78 is 1.89. The fourth-order valence-electron chi connectivity index (χ4n) is 2.28. The highest BCUT2D eigenvalue weighted by Gasteiger charge is 2.10.